The smallest absolute Gasteiger partial charge is 0.332 e. The van der Waals surface area contributed by atoms with E-state index in [2.05, 4.69) is 10.1 Å². The van der Waals surface area contributed by atoms with Gasteiger partial charge in [-0.05, 0) is 29.8 Å². The molecule has 1 aliphatic rings. The van der Waals surface area contributed by atoms with Crippen LogP contribution in [-0.2, 0) is 25.4 Å². The number of aromatic nitrogens is 4. The molecule has 4 heterocycles. The molecule has 0 spiro atoms. The summed E-state index contributed by atoms with van der Waals surface area (Å²) in [5.41, 5.74) is 0.764. The third-order valence-corrected chi connectivity index (χ3v) is 5.96. The lowest BCUT2D eigenvalue weighted by Gasteiger charge is -2.20. The van der Waals surface area contributed by atoms with Crippen LogP contribution in [0, 0.1) is 0 Å². The first kappa shape index (κ1) is 21.0. The number of fused-ring (bicyclic) bond motifs is 1. The molecule has 0 saturated carbocycles. The lowest BCUT2D eigenvalue weighted by Crippen LogP contribution is -2.43. The Morgan fingerprint density at radius 2 is 1.94 bits per heavy atom. The number of aryl methyl sites for hydroxylation is 2. The van der Waals surface area contributed by atoms with Gasteiger partial charge in [0.2, 0.25) is 0 Å². The molecule has 5 rings (SSSR count). The van der Waals surface area contributed by atoms with Crippen molar-refractivity contribution in [1.29, 1.82) is 0 Å². The van der Waals surface area contributed by atoms with Gasteiger partial charge in [0.1, 0.15) is 18.3 Å². The van der Waals surface area contributed by atoms with Crippen molar-refractivity contribution in [3.63, 3.8) is 0 Å². The van der Waals surface area contributed by atoms with Gasteiger partial charge in [-0.15, -0.1) is 0 Å². The van der Waals surface area contributed by atoms with Crippen molar-refractivity contribution in [2.45, 2.75) is 19.0 Å². The van der Waals surface area contributed by atoms with Gasteiger partial charge >= 0.3 is 5.69 Å². The maximum atomic E-state index is 13.4. The predicted octanol–water partition coefficient (Wildman–Crippen LogP) is 2.06. The molecule has 0 radical (unpaired) electrons. The first-order valence-corrected chi connectivity index (χ1v) is 10.5. The molecular formula is C22H19ClN6O4. The zero-order valence-corrected chi connectivity index (χ0v) is 18.6. The Morgan fingerprint density at radius 1 is 1.18 bits per heavy atom. The number of nitrogens with zero attached hydrogens (tertiary/aromatic N) is 6. The number of benzene rings is 1. The van der Waals surface area contributed by atoms with E-state index in [9.17, 15) is 14.4 Å². The quantitative estimate of drug-likeness (QED) is 0.457. The zero-order valence-electron chi connectivity index (χ0n) is 17.8. The predicted molar refractivity (Wildman–Crippen MR) is 121 cm³/mol. The van der Waals surface area contributed by atoms with Crippen molar-refractivity contribution >= 4 is 34.4 Å². The Morgan fingerprint density at radius 3 is 2.64 bits per heavy atom. The number of carbonyl (C=O) groups excluding carboxylic acids is 1. The van der Waals surface area contributed by atoms with Crippen LogP contribution in [0.3, 0.4) is 0 Å². The van der Waals surface area contributed by atoms with Gasteiger partial charge in [-0.25, -0.2) is 19.4 Å². The molecule has 0 saturated heterocycles. The van der Waals surface area contributed by atoms with Crippen molar-refractivity contribution in [3.8, 4) is 0 Å². The van der Waals surface area contributed by atoms with Gasteiger partial charge < -0.3 is 8.98 Å². The monoisotopic (exact) mass is 466 g/mol. The normalized spacial score (nSPS) is 15.9. The zero-order chi connectivity index (χ0) is 23.3. The molecular weight excluding hydrogens is 448 g/mol. The number of hydrazone groups is 1. The molecule has 1 unspecified atom stereocenters. The van der Waals surface area contributed by atoms with E-state index in [-0.39, 0.29) is 11.2 Å². The molecule has 168 valence electrons. The summed E-state index contributed by atoms with van der Waals surface area (Å²) in [5.74, 6) is 0.0412. The maximum absolute atomic E-state index is 13.4. The number of furan rings is 1. The Bertz CT molecular complexity index is 1510. The van der Waals surface area contributed by atoms with Crippen molar-refractivity contribution in [1.82, 2.24) is 23.7 Å². The van der Waals surface area contributed by atoms with E-state index in [4.69, 9.17) is 16.0 Å². The van der Waals surface area contributed by atoms with Crippen LogP contribution in [0.2, 0.25) is 5.02 Å². The molecule has 0 bridgehead atoms. The van der Waals surface area contributed by atoms with Gasteiger partial charge in [0.25, 0.3) is 11.5 Å². The minimum atomic E-state index is -0.629. The molecule has 0 fully saturated rings. The molecule has 1 atom stereocenters. The van der Waals surface area contributed by atoms with E-state index in [0.717, 1.165) is 10.1 Å². The van der Waals surface area contributed by atoms with E-state index in [1.165, 1.54) is 33.8 Å². The highest BCUT2D eigenvalue weighted by atomic mass is 35.5. The second-order valence-electron chi connectivity index (χ2n) is 7.79. The van der Waals surface area contributed by atoms with E-state index >= 15 is 0 Å². The number of hydrogen-bond acceptors (Lipinski definition) is 6. The minimum absolute atomic E-state index is 0.235. The van der Waals surface area contributed by atoms with Crippen molar-refractivity contribution < 1.29 is 9.21 Å². The van der Waals surface area contributed by atoms with Crippen LogP contribution >= 0.6 is 11.6 Å². The number of halogens is 1. The Kier molecular flexibility index (Phi) is 5.01. The summed E-state index contributed by atoms with van der Waals surface area (Å²) < 4.78 is 9.23. The van der Waals surface area contributed by atoms with Gasteiger partial charge in [-0.3, -0.25) is 14.2 Å². The third kappa shape index (κ3) is 3.48. The highest BCUT2D eigenvalue weighted by molar-refractivity contribution is 6.30. The highest BCUT2D eigenvalue weighted by Gasteiger charge is 2.35. The molecule has 3 aromatic heterocycles. The van der Waals surface area contributed by atoms with Crippen LogP contribution in [0.4, 0.5) is 0 Å². The number of amides is 1. The van der Waals surface area contributed by atoms with Gasteiger partial charge in [-0.1, -0.05) is 23.7 Å². The van der Waals surface area contributed by atoms with Gasteiger partial charge in [0.15, 0.2) is 11.2 Å². The lowest BCUT2D eigenvalue weighted by atomic mass is 10.0. The fraction of sp³-hybridized carbons (Fsp3) is 0.227. The second kappa shape index (κ2) is 7.89. The van der Waals surface area contributed by atoms with Crippen LogP contribution < -0.4 is 11.2 Å². The minimum Gasteiger partial charge on any atom is -0.467 e. The van der Waals surface area contributed by atoms with Crippen molar-refractivity contribution in [2.24, 2.45) is 19.2 Å². The maximum Gasteiger partial charge on any atom is 0.332 e. The third-order valence-electron chi connectivity index (χ3n) is 5.71. The topological polar surface area (TPSA) is 108 Å². The number of carbonyl (C=O) groups is 1. The molecule has 0 N–H and O–H groups in total. The largest absolute Gasteiger partial charge is 0.467 e. The first-order valence-electron chi connectivity index (χ1n) is 10.1. The second-order valence-corrected chi connectivity index (χ2v) is 8.22. The van der Waals surface area contributed by atoms with E-state index < -0.39 is 29.7 Å². The first-order chi connectivity index (χ1) is 15.8. The molecule has 0 aliphatic carbocycles. The summed E-state index contributed by atoms with van der Waals surface area (Å²) in [6.45, 7) is -0.471. The fourth-order valence-corrected chi connectivity index (χ4v) is 4.13. The Labute approximate surface area is 191 Å². The molecule has 33 heavy (non-hydrogen) atoms. The molecule has 1 aromatic carbocycles. The summed E-state index contributed by atoms with van der Waals surface area (Å²) in [7, 11) is 3.17. The molecule has 1 aliphatic heterocycles. The Balaban J connectivity index is 1.54. The average molecular weight is 467 g/mol. The van der Waals surface area contributed by atoms with Crippen LogP contribution in [0.1, 0.15) is 23.8 Å². The number of rotatable bonds is 4. The summed E-state index contributed by atoms with van der Waals surface area (Å²) in [6, 6.07) is 10.1. The molecule has 4 aromatic rings. The molecule has 11 heteroatoms. The van der Waals surface area contributed by atoms with Gasteiger partial charge in [-0.2, -0.15) is 5.10 Å². The number of hydrogen-bond donors (Lipinski definition) is 0. The fourth-order valence-electron chi connectivity index (χ4n) is 4.00. The molecule has 1 amide bonds. The summed E-state index contributed by atoms with van der Waals surface area (Å²) in [6.07, 6.45) is 3.39. The Hall–Kier alpha value is -3.92. The number of imidazole rings is 1. The highest BCUT2D eigenvalue weighted by Crippen LogP contribution is 2.33. The van der Waals surface area contributed by atoms with Gasteiger partial charge in [0.05, 0.1) is 18.3 Å². The summed E-state index contributed by atoms with van der Waals surface area (Å²) >= 11 is 5.99. The van der Waals surface area contributed by atoms with E-state index in [1.807, 2.05) is 12.1 Å². The van der Waals surface area contributed by atoms with Crippen LogP contribution in [0.5, 0.6) is 0 Å². The average Bonchev–Trinajstić information content (AvgIpc) is 3.55. The summed E-state index contributed by atoms with van der Waals surface area (Å²) in [4.78, 5) is 43.3. The standard InChI is InChI=1S/C22H19ClN6O4/c1-26-12-24-20-19(26)21(31)28(22(32)27(20)2)11-18(30)29-16(17-4-3-9-33-17)10-15(25-29)13-5-7-14(23)8-6-13/h3-9,12,16H,10-11H2,1-2H3. The van der Waals surface area contributed by atoms with Gasteiger partial charge in [0, 0.05) is 25.5 Å². The van der Waals surface area contributed by atoms with Crippen LogP contribution in [-0.4, -0.2) is 35.3 Å². The lowest BCUT2D eigenvalue weighted by molar-refractivity contribution is -0.134. The molecule has 10 nitrogen and oxygen atoms in total. The van der Waals surface area contributed by atoms with Crippen LogP contribution in [0.15, 0.2) is 68.1 Å². The summed E-state index contributed by atoms with van der Waals surface area (Å²) in [5, 5.41) is 6.40. The van der Waals surface area contributed by atoms with E-state index in [0.29, 0.717) is 22.9 Å². The van der Waals surface area contributed by atoms with Crippen molar-refractivity contribution in [3.05, 3.63) is 86.2 Å². The van der Waals surface area contributed by atoms with E-state index in [1.54, 1.807) is 31.3 Å². The van der Waals surface area contributed by atoms with Crippen LogP contribution in [0.25, 0.3) is 11.2 Å². The van der Waals surface area contributed by atoms with Crippen molar-refractivity contribution in [2.75, 3.05) is 0 Å². The SMILES string of the molecule is Cn1cnc2c1c(=O)n(CC(=O)N1N=C(c3ccc(Cl)cc3)CC1c1ccco1)c(=O)n2C.